The van der Waals surface area contributed by atoms with Gasteiger partial charge in [0, 0.05) is 6.54 Å². The number of amides is 1. The van der Waals surface area contributed by atoms with E-state index in [4.69, 9.17) is 5.11 Å². The van der Waals surface area contributed by atoms with Gasteiger partial charge in [-0.3, -0.25) is 9.59 Å². The van der Waals surface area contributed by atoms with Crippen molar-refractivity contribution in [2.75, 3.05) is 13.1 Å². The summed E-state index contributed by atoms with van der Waals surface area (Å²) in [4.78, 5) is 24.0. The Morgan fingerprint density at radius 3 is 2.25 bits per heavy atom. The Bertz CT molecular complexity index is 382. The quantitative estimate of drug-likeness (QED) is 0.792. The zero-order valence-electron chi connectivity index (χ0n) is 11.0. The van der Waals surface area contributed by atoms with Gasteiger partial charge in [0.25, 0.3) is 0 Å². The van der Waals surface area contributed by atoms with E-state index in [1.54, 1.807) is 0 Å². The molecule has 7 heteroatoms. The van der Waals surface area contributed by atoms with E-state index < -0.39 is 36.4 Å². The molecule has 0 aromatic carbocycles. The summed E-state index contributed by atoms with van der Waals surface area (Å²) in [7, 11) is 0. The minimum absolute atomic E-state index is 0.235. The minimum atomic E-state index is -4.51. The molecular weight excluding hydrogens is 275 g/mol. The summed E-state index contributed by atoms with van der Waals surface area (Å²) in [5.74, 6) is -3.62. The fourth-order valence-electron chi connectivity index (χ4n) is 2.56. The Morgan fingerprint density at radius 2 is 1.80 bits per heavy atom. The van der Waals surface area contributed by atoms with E-state index in [9.17, 15) is 22.8 Å². The smallest absolute Gasteiger partial charge is 0.406 e. The van der Waals surface area contributed by atoms with Crippen LogP contribution in [0.15, 0.2) is 12.7 Å². The molecular formula is C13H18F3NO3. The minimum Gasteiger partial charge on any atom is -0.481 e. The van der Waals surface area contributed by atoms with E-state index in [-0.39, 0.29) is 6.54 Å². The number of hydrogen-bond donors (Lipinski definition) is 1. The molecule has 1 amide bonds. The summed E-state index contributed by atoms with van der Waals surface area (Å²) in [5.41, 5.74) is 0. The third-order valence-electron chi connectivity index (χ3n) is 3.43. The molecule has 0 aromatic heterocycles. The highest BCUT2D eigenvalue weighted by atomic mass is 19.4. The van der Waals surface area contributed by atoms with E-state index in [1.165, 1.54) is 6.08 Å². The van der Waals surface area contributed by atoms with E-state index in [0.29, 0.717) is 30.6 Å². The van der Waals surface area contributed by atoms with E-state index >= 15 is 0 Å². The van der Waals surface area contributed by atoms with Gasteiger partial charge in [-0.15, -0.1) is 6.58 Å². The summed E-state index contributed by atoms with van der Waals surface area (Å²) >= 11 is 0. The fraction of sp³-hybridized carbons (Fsp3) is 0.692. The summed E-state index contributed by atoms with van der Waals surface area (Å²) in [6.45, 7) is 1.73. The van der Waals surface area contributed by atoms with Gasteiger partial charge in [-0.25, -0.2) is 0 Å². The number of carbonyl (C=O) groups excluding carboxylic acids is 1. The third-order valence-corrected chi connectivity index (χ3v) is 3.43. The van der Waals surface area contributed by atoms with Crippen molar-refractivity contribution in [2.24, 2.45) is 11.8 Å². The van der Waals surface area contributed by atoms with Crippen LogP contribution in [0.4, 0.5) is 13.2 Å². The van der Waals surface area contributed by atoms with Crippen LogP contribution in [0.5, 0.6) is 0 Å². The monoisotopic (exact) mass is 293 g/mol. The number of carboxylic acid groups (broad SMARTS) is 1. The highest BCUT2D eigenvalue weighted by Gasteiger charge is 2.40. The number of rotatable bonds is 5. The highest BCUT2D eigenvalue weighted by Crippen LogP contribution is 2.32. The first-order chi connectivity index (χ1) is 9.26. The molecule has 0 radical (unpaired) electrons. The van der Waals surface area contributed by atoms with Crippen molar-refractivity contribution in [3.05, 3.63) is 12.7 Å². The molecule has 0 bridgehead atoms. The Labute approximate surface area is 115 Å². The van der Waals surface area contributed by atoms with E-state index in [0.717, 1.165) is 0 Å². The van der Waals surface area contributed by atoms with Crippen LogP contribution in [-0.2, 0) is 9.59 Å². The molecule has 0 aromatic rings. The summed E-state index contributed by atoms with van der Waals surface area (Å²) < 4.78 is 37.4. The molecule has 0 unspecified atom stereocenters. The molecule has 20 heavy (non-hydrogen) atoms. The zero-order valence-corrected chi connectivity index (χ0v) is 11.0. The SMILES string of the molecule is C=CCN(CC(F)(F)F)C(=O)[C@H]1CCCC[C@H]1C(=O)O. The van der Waals surface area contributed by atoms with Gasteiger partial charge in [0.05, 0.1) is 11.8 Å². The second-order valence-corrected chi connectivity index (χ2v) is 4.96. The second-order valence-electron chi connectivity index (χ2n) is 4.96. The first-order valence-corrected chi connectivity index (χ1v) is 6.45. The third kappa shape index (κ3) is 4.54. The van der Waals surface area contributed by atoms with Crippen LogP contribution in [0.3, 0.4) is 0 Å². The van der Waals surface area contributed by atoms with Gasteiger partial charge >= 0.3 is 12.1 Å². The van der Waals surface area contributed by atoms with Crippen LogP contribution in [0.2, 0.25) is 0 Å². The first kappa shape index (κ1) is 16.5. The van der Waals surface area contributed by atoms with Crippen molar-refractivity contribution in [1.82, 2.24) is 4.90 Å². The van der Waals surface area contributed by atoms with Crippen LogP contribution < -0.4 is 0 Å². The number of carboxylic acids is 1. The summed E-state index contributed by atoms with van der Waals surface area (Å²) in [5, 5.41) is 9.09. The Kier molecular flexibility index (Phi) is 5.59. The molecule has 1 aliphatic carbocycles. The van der Waals surface area contributed by atoms with Crippen LogP contribution in [-0.4, -0.2) is 41.1 Å². The normalized spacial score (nSPS) is 23.1. The Balaban J connectivity index is 2.86. The van der Waals surface area contributed by atoms with Crippen molar-refractivity contribution in [2.45, 2.75) is 31.9 Å². The molecule has 1 aliphatic rings. The lowest BCUT2D eigenvalue weighted by molar-refractivity contribution is -0.166. The maximum absolute atomic E-state index is 12.5. The number of aliphatic carboxylic acids is 1. The van der Waals surface area contributed by atoms with Gasteiger partial charge < -0.3 is 10.0 Å². The standard InChI is InChI=1S/C13H18F3NO3/c1-2-7-17(8-13(14,15)16)11(18)9-5-3-4-6-10(9)12(19)20/h2,9-10H,1,3-8H2,(H,19,20)/t9-,10+/m0/s1. The topological polar surface area (TPSA) is 57.6 Å². The molecule has 1 saturated carbocycles. The number of carbonyl (C=O) groups is 2. The van der Waals surface area contributed by atoms with E-state index in [1.807, 2.05) is 0 Å². The van der Waals surface area contributed by atoms with Crippen molar-refractivity contribution in [3.63, 3.8) is 0 Å². The average molecular weight is 293 g/mol. The molecule has 0 aliphatic heterocycles. The van der Waals surface area contributed by atoms with Crippen LogP contribution in [0.25, 0.3) is 0 Å². The highest BCUT2D eigenvalue weighted by molar-refractivity contribution is 5.85. The lowest BCUT2D eigenvalue weighted by Gasteiger charge is -2.32. The van der Waals surface area contributed by atoms with Gasteiger partial charge in [0.1, 0.15) is 6.54 Å². The molecule has 1 rings (SSSR count). The molecule has 4 nitrogen and oxygen atoms in total. The van der Waals surface area contributed by atoms with Gasteiger partial charge in [0.15, 0.2) is 0 Å². The van der Waals surface area contributed by atoms with Gasteiger partial charge in [-0.2, -0.15) is 13.2 Å². The summed E-state index contributed by atoms with van der Waals surface area (Å²) in [6, 6.07) is 0. The molecule has 2 atom stereocenters. The predicted molar refractivity (Wildman–Crippen MR) is 65.9 cm³/mol. The molecule has 1 fully saturated rings. The Morgan fingerprint density at radius 1 is 1.25 bits per heavy atom. The van der Waals surface area contributed by atoms with Crippen LogP contribution in [0, 0.1) is 11.8 Å². The van der Waals surface area contributed by atoms with Crippen molar-refractivity contribution in [1.29, 1.82) is 0 Å². The largest absolute Gasteiger partial charge is 0.481 e. The van der Waals surface area contributed by atoms with Crippen molar-refractivity contribution >= 4 is 11.9 Å². The second kappa shape index (κ2) is 6.76. The molecule has 0 spiro atoms. The van der Waals surface area contributed by atoms with Crippen molar-refractivity contribution < 1.29 is 27.9 Å². The lowest BCUT2D eigenvalue weighted by atomic mass is 9.78. The molecule has 0 heterocycles. The maximum atomic E-state index is 12.5. The van der Waals surface area contributed by atoms with Crippen LogP contribution in [0.1, 0.15) is 25.7 Å². The average Bonchev–Trinajstić information content (AvgIpc) is 2.36. The molecule has 0 saturated heterocycles. The number of alkyl halides is 3. The number of halogens is 3. The number of nitrogens with zero attached hydrogens (tertiary/aromatic N) is 1. The lowest BCUT2D eigenvalue weighted by Crippen LogP contribution is -2.46. The number of hydrogen-bond acceptors (Lipinski definition) is 2. The first-order valence-electron chi connectivity index (χ1n) is 6.45. The molecule has 114 valence electrons. The molecule has 1 N–H and O–H groups in total. The van der Waals surface area contributed by atoms with E-state index in [2.05, 4.69) is 6.58 Å². The van der Waals surface area contributed by atoms with Crippen LogP contribution >= 0.6 is 0 Å². The maximum Gasteiger partial charge on any atom is 0.406 e. The zero-order chi connectivity index (χ0) is 15.3. The van der Waals surface area contributed by atoms with Gasteiger partial charge in [-0.1, -0.05) is 18.9 Å². The predicted octanol–water partition coefficient (Wildman–Crippen LogP) is 2.45. The van der Waals surface area contributed by atoms with Gasteiger partial charge in [-0.05, 0) is 12.8 Å². The van der Waals surface area contributed by atoms with Crippen molar-refractivity contribution in [3.8, 4) is 0 Å². The van der Waals surface area contributed by atoms with Gasteiger partial charge in [0.2, 0.25) is 5.91 Å². The fourth-order valence-corrected chi connectivity index (χ4v) is 2.56. The summed E-state index contributed by atoms with van der Waals surface area (Å²) in [6.07, 6.45) is -1.30. The Hall–Kier alpha value is -1.53.